The lowest BCUT2D eigenvalue weighted by Crippen LogP contribution is -2.25. The lowest BCUT2D eigenvalue weighted by molar-refractivity contribution is -0.286. The number of hydrogen-bond donors (Lipinski definition) is 0. The maximum Gasteiger partial charge on any atom is 0.586 e. The van der Waals surface area contributed by atoms with Gasteiger partial charge in [0, 0.05) is 0 Å². The molecule has 1 aromatic carbocycles. The quantitative estimate of drug-likeness (QED) is 0.513. The summed E-state index contributed by atoms with van der Waals surface area (Å²) in [6.45, 7) is 0. The van der Waals surface area contributed by atoms with Gasteiger partial charge < -0.3 is 9.47 Å². The van der Waals surface area contributed by atoms with E-state index < -0.39 is 6.29 Å². The second kappa shape index (κ2) is 2.78. The fourth-order valence-electron chi connectivity index (χ4n) is 1.09. The molecular weight excluding hydrogens is 196 g/mol. The van der Waals surface area contributed by atoms with Gasteiger partial charge in [-0.2, -0.15) is 4.99 Å². The van der Waals surface area contributed by atoms with Gasteiger partial charge in [0.05, 0.1) is 0 Å². The zero-order valence-corrected chi connectivity index (χ0v) is 6.66. The van der Waals surface area contributed by atoms with Gasteiger partial charge in [-0.05, 0) is 12.1 Å². The van der Waals surface area contributed by atoms with Crippen LogP contribution in [0, 0.1) is 0 Å². The van der Waals surface area contributed by atoms with Crippen molar-refractivity contribution in [3.05, 3.63) is 18.2 Å². The second-order valence-corrected chi connectivity index (χ2v) is 2.47. The number of alkyl halides is 2. The Hall–Kier alpha value is -1.94. The molecule has 4 nitrogen and oxygen atoms in total. The lowest BCUT2D eigenvalue weighted by atomic mass is 10.3. The lowest BCUT2D eigenvalue weighted by Gasteiger charge is -2.04. The van der Waals surface area contributed by atoms with Gasteiger partial charge in [-0.3, -0.25) is 0 Å². The highest BCUT2D eigenvalue weighted by atomic mass is 19.3. The van der Waals surface area contributed by atoms with E-state index in [-0.39, 0.29) is 17.2 Å². The first-order valence-electron chi connectivity index (χ1n) is 3.59. The molecule has 0 spiro atoms. The molecule has 0 unspecified atom stereocenters. The Morgan fingerprint density at radius 2 is 2.14 bits per heavy atom. The van der Waals surface area contributed by atoms with Crippen molar-refractivity contribution in [2.45, 2.75) is 6.29 Å². The Kier molecular flexibility index (Phi) is 1.72. The summed E-state index contributed by atoms with van der Waals surface area (Å²) in [7, 11) is 0. The van der Waals surface area contributed by atoms with E-state index in [2.05, 4.69) is 14.5 Å². The molecule has 0 saturated heterocycles. The number of hydrogen-bond acceptors (Lipinski definition) is 4. The van der Waals surface area contributed by atoms with Crippen molar-refractivity contribution in [3.63, 3.8) is 0 Å². The minimum atomic E-state index is -3.70. The first-order chi connectivity index (χ1) is 6.62. The topological polar surface area (TPSA) is 47.9 Å². The van der Waals surface area contributed by atoms with E-state index >= 15 is 0 Å². The maximum absolute atomic E-state index is 12.6. The minimum absolute atomic E-state index is 0.0327. The van der Waals surface area contributed by atoms with Gasteiger partial charge >= 0.3 is 6.29 Å². The van der Waals surface area contributed by atoms with Crippen LogP contribution in [0.25, 0.3) is 0 Å². The first kappa shape index (κ1) is 8.65. The Balaban J connectivity index is 2.51. The molecule has 0 saturated carbocycles. The van der Waals surface area contributed by atoms with E-state index in [1.165, 1.54) is 24.3 Å². The Bertz CT molecular complexity index is 427. The molecule has 0 N–H and O–H groups in total. The zero-order chi connectivity index (χ0) is 10.2. The molecule has 2 rings (SSSR count). The monoisotopic (exact) mass is 199 g/mol. The molecule has 6 heteroatoms. The van der Waals surface area contributed by atoms with E-state index in [9.17, 15) is 13.6 Å². The summed E-state index contributed by atoms with van der Waals surface area (Å²) >= 11 is 0. The Morgan fingerprint density at radius 3 is 2.86 bits per heavy atom. The van der Waals surface area contributed by atoms with E-state index in [0.717, 1.165) is 0 Å². The first-order valence-corrected chi connectivity index (χ1v) is 3.59. The number of nitrogens with zero attached hydrogens (tertiary/aromatic N) is 1. The highest BCUT2D eigenvalue weighted by Crippen LogP contribution is 2.46. The van der Waals surface area contributed by atoms with Crippen molar-refractivity contribution in [2.24, 2.45) is 4.99 Å². The van der Waals surface area contributed by atoms with Crippen LogP contribution < -0.4 is 9.47 Å². The molecule has 72 valence electrons. The molecule has 0 aromatic heterocycles. The number of isocyanates is 1. The molecule has 1 aromatic rings. The summed E-state index contributed by atoms with van der Waals surface area (Å²) in [5.41, 5.74) is -0.0327. The van der Waals surface area contributed by atoms with Gasteiger partial charge in [0.15, 0.2) is 11.5 Å². The molecular formula is C8H3F2NO3. The number of benzene rings is 1. The SMILES string of the molecule is O=C=Nc1cccc2c1OC(F)(F)O2. The normalized spacial score (nSPS) is 16.1. The second-order valence-electron chi connectivity index (χ2n) is 2.47. The van der Waals surface area contributed by atoms with Crippen LogP contribution in [-0.2, 0) is 4.79 Å². The third-order valence-corrected chi connectivity index (χ3v) is 1.57. The van der Waals surface area contributed by atoms with E-state index in [4.69, 9.17) is 0 Å². The summed E-state index contributed by atoms with van der Waals surface area (Å²) in [4.78, 5) is 13.2. The number of para-hydroxylation sites is 1. The molecule has 1 aliphatic rings. The van der Waals surface area contributed by atoms with Crippen LogP contribution in [0.4, 0.5) is 14.5 Å². The molecule has 0 aliphatic carbocycles. The zero-order valence-electron chi connectivity index (χ0n) is 6.66. The van der Waals surface area contributed by atoms with Gasteiger partial charge in [0.1, 0.15) is 5.69 Å². The summed E-state index contributed by atoms with van der Waals surface area (Å²) in [6.07, 6.45) is -2.46. The Labute approximate surface area is 76.8 Å². The van der Waals surface area contributed by atoms with Crippen molar-refractivity contribution in [2.75, 3.05) is 0 Å². The van der Waals surface area contributed by atoms with Crippen LogP contribution in [0.3, 0.4) is 0 Å². The highest BCUT2D eigenvalue weighted by molar-refractivity contribution is 5.64. The van der Waals surface area contributed by atoms with Crippen molar-refractivity contribution in [1.82, 2.24) is 0 Å². The van der Waals surface area contributed by atoms with E-state index in [1.54, 1.807) is 0 Å². The predicted molar refractivity (Wildman–Crippen MR) is 40.4 cm³/mol. The van der Waals surface area contributed by atoms with Crippen molar-refractivity contribution in [1.29, 1.82) is 0 Å². The van der Waals surface area contributed by atoms with Gasteiger partial charge in [-0.1, -0.05) is 6.07 Å². The third-order valence-electron chi connectivity index (χ3n) is 1.57. The smallest absolute Gasteiger partial charge is 0.395 e. The number of aliphatic imine (C=N–C) groups is 1. The fraction of sp³-hybridized carbons (Fsp3) is 0.125. The molecule has 0 fully saturated rings. The van der Waals surface area contributed by atoms with Crippen LogP contribution >= 0.6 is 0 Å². The number of fused-ring (bicyclic) bond motifs is 1. The summed E-state index contributed by atoms with van der Waals surface area (Å²) in [5, 5.41) is 0. The summed E-state index contributed by atoms with van der Waals surface area (Å²) in [5.74, 6) is -0.396. The molecule has 0 bridgehead atoms. The molecule has 14 heavy (non-hydrogen) atoms. The van der Waals surface area contributed by atoms with Crippen LogP contribution in [0.15, 0.2) is 23.2 Å². The van der Waals surface area contributed by atoms with Crippen molar-refractivity contribution in [3.8, 4) is 11.5 Å². The number of carbonyl (C=O) groups excluding carboxylic acids is 1. The predicted octanol–water partition coefficient (Wildman–Crippen LogP) is 1.98. The van der Waals surface area contributed by atoms with Crippen molar-refractivity contribution >= 4 is 11.8 Å². The van der Waals surface area contributed by atoms with Crippen LogP contribution in [0.2, 0.25) is 0 Å². The molecule has 1 heterocycles. The number of rotatable bonds is 1. The highest BCUT2D eigenvalue weighted by Gasteiger charge is 2.44. The summed E-state index contributed by atoms with van der Waals surface area (Å²) in [6, 6.07) is 4.05. The number of ether oxygens (including phenoxy) is 2. The van der Waals surface area contributed by atoms with Crippen LogP contribution in [0.5, 0.6) is 11.5 Å². The van der Waals surface area contributed by atoms with Gasteiger partial charge in [-0.15, -0.1) is 8.78 Å². The average molecular weight is 199 g/mol. The number of halogens is 2. The fourth-order valence-corrected chi connectivity index (χ4v) is 1.09. The van der Waals surface area contributed by atoms with E-state index in [0.29, 0.717) is 0 Å². The largest absolute Gasteiger partial charge is 0.586 e. The third kappa shape index (κ3) is 1.31. The van der Waals surface area contributed by atoms with Crippen molar-refractivity contribution < 1.29 is 23.0 Å². The average Bonchev–Trinajstić information content (AvgIpc) is 2.41. The molecule has 0 atom stereocenters. The molecule has 0 amide bonds. The van der Waals surface area contributed by atoms with Gasteiger partial charge in [0.2, 0.25) is 6.08 Å². The van der Waals surface area contributed by atoms with E-state index in [1.807, 2.05) is 0 Å². The maximum atomic E-state index is 12.6. The minimum Gasteiger partial charge on any atom is -0.395 e. The Morgan fingerprint density at radius 1 is 1.36 bits per heavy atom. The van der Waals surface area contributed by atoms with Crippen LogP contribution in [-0.4, -0.2) is 12.4 Å². The van der Waals surface area contributed by atoms with Gasteiger partial charge in [-0.25, -0.2) is 4.79 Å². The standard InChI is InChI=1S/C8H3F2NO3/c9-8(10)13-6-3-1-2-5(11-4-12)7(6)14-8/h1-3H. The summed E-state index contributed by atoms with van der Waals surface area (Å²) < 4.78 is 33.4. The van der Waals surface area contributed by atoms with Crippen LogP contribution in [0.1, 0.15) is 0 Å². The molecule has 1 aliphatic heterocycles. The molecule has 0 radical (unpaired) electrons. The van der Waals surface area contributed by atoms with Gasteiger partial charge in [0.25, 0.3) is 0 Å².